The molecule has 11 heteroatoms. The lowest BCUT2D eigenvalue weighted by molar-refractivity contribution is 0.0964. The zero-order chi connectivity index (χ0) is 25.6. The van der Waals surface area contributed by atoms with E-state index in [0.717, 1.165) is 37.8 Å². The Labute approximate surface area is 209 Å². The number of methoxy groups -OCH3 is 1. The molecule has 1 aromatic carbocycles. The first-order valence-corrected chi connectivity index (χ1v) is 12.4. The molecule has 192 valence electrons. The molecule has 4 atom stereocenters. The number of anilines is 1. The molecular weight excluding hydrogens is 463 g/mol. The molecule has 36 heavy (non-hydrogen) atoms. The fourth-order valence-corrected chi connectivity index (χ4v) is 5.52. The topological polar surface area (TPSA) is 117 Å². The van der Waals surface area contributed by atoms with Crippen LogP contribution in [-0.2, 0) is 0 Å². The molecular formula is C25H33FN8O2. The first-order chi connectivity index (χ1) is 17.3. The summed E-state index contributed by atoms with van der Waals surface area (Å²) < 4.78 is 21.0. The van der Waals surface area contributed by atoms with Crippen LogP contribution in [0.15, 0.2) is 29.1 Å². The molecule has 0 amide bonds. The summed E-state index contributed by atoms with van der Waals surface area (Å²) in [6, 6.07) is 3.17. The minimum atomic E-state index is -0.491. The quantitative estimate of drug-likeness (QED) is 0.394. The number of ether oxygens (including phenoxy) is 1. The maximum Gasteiger partial charge on any atom is 0.223 e. The fraction of sp³-hybridized carbons (Fsp3) is 0.520. The van der Waals surface area contributed by atoms with Crippen molar-refractivity contribution in [3.63, 3.8) is 0 Å². The molecule has 1 aliphatic heterocycles. The van der Waals surface area contributed by atoms with Crippen LogP contribution in [0.5, 0.6) is 5.75 Å². The second kappa shape index (κ2) is 9.53. The lowest BCUT2D eigenvalue weighted by Crippen LogP contribution is -2.41. The number of likely N-dealkylation sites (tertiary alicyclic amines) is 1. The van der Waals surface area contributed by atoms with Gasteiger partial charge in [-0.05, 0) is 52.0 Å². The molecule has 1 aliphatic carbocycles. The van der Waals surface area contributed by atoms with Crippen LogP contribution in [0.1, 0.15) is 57.7 Å². The van der Waals surface area contributed by atoms with Crippen LogP contribution in [0.2, 0.25) is 0 Å². The van der Waals surface area contributed by atoms with Crippen molar-refractivity contribution in [1.29, 1.82) is 0 Å². The third-order valence-electron chi connectivity index (χ3n) is 7.55. The second-order valence-electron chi connectivity index (χ2n) is 9.81. The number of hydrogen-bond acceptors (Lipinski definition) is 9. The van der Waals surface area contributed by atoms with E-state index in [-0.39, 0.29) is 23.7 Å². The van der Waals surface area contributed by atoms with Gasteiger partial charge in [0.1, 0.15) is 0 Å². The highest BCUT2D eigenvalue weighted by Gasteiger charge is 2.32. The summed E-state index contributed by atoms with van der Waals surface area (Å²) in [5, 5.41) is 21.5. The Morgan fingerprint density at radius 2 is 2.11 bits per heavy atom. The van der Waals surface area contributed by atoms with E-state index in [1.54, 1.807) is 5.01 Å². The van der Waals surface area contributed by atoms with Crippen molar-refractivity contribution in [2.45, 2.75) is 70.1 Å². The summed E-state index contributed by atoms with van der Waals surface area (Å²) in [6.07, 6.45) is 6.12. The average Bonchev–Trinajstić information content (AvgIpc) is 3.50. The molecule has 3 heterocycles. The molecule has 10 nitrogen and oxygen atoms in total. The van der Waals surface area contributed by atoms with Gasteiger partial charge in [0, 0.05) is 48.6 Å². The first-order valence-electron chi connectivity index (χ1n) is 12.4. The van der Waals surface area contributed by atoms with Crippen LogP contribution in [-0.4, -0.2) is 73.2 Å². The Kier molecular flexibility index (Phi) is 6.42. The minimum absolute atomic E-state index is 0.0452. The van der Waals surface area contributed by atoms with Gasteiger partial charge < -0.3 is 20.5 Å². The van der Waals surface area contributed by atoms with E-state index in [4.69, 9.17) is 15.5 Å². The largest absolute Gasteiger partial charge is 0.494 e. The zero-order valence-electron chi connectivity index (χ0n) is 20.9. The fourth-order valence-electron chi connectivity index (χ4n) is 5.52. The van der Waals surface area contributed by atoms with Gasteiger partial charge in [-0.1, -0.05) is 0 Å². The highest BCUT2D eigenvalue weighted by Crippen LogP contribution is 2.34. The molecule has 2 fully saturated rings. The van der Waals surface area contributed by atoms with Gasteiger partial charge in [0.05, 0.1) is 24.8 Å². The van der Waals surface area contributed by atoms with Crippen LogP contribution >= 0.6 is 0 Å². The van der Waals surface area contributed by atoms with Crippen LogP contribution in [0.3, 0.4) is 0 Å². The lowest BCUT2D eigenvalue weighted by Gasteiger charge is -2.40. The maximum atomic E-state index is 14.5. The number of fused-ring (bicyclic) bond motifs is 3. The molecule has 0 spiro atoms. The van der Waals surface area contributed by atoms with Gasteiger partial charge in [-0.15, -0.1) is 5.10 Å². The Hall–Kier alpha value is -3.47. The predicted molar refractivity (Wildman–Crippen MR) is 136 cm³/mol. The summed E-state index contributed by atoms with van der Waals surface area (Å²) in [7, 11) is 1.41. The highest BCUT2D eigenvalue weighted by atomic mass is 19.1. The van der Waals surface area contributed by atoms with Crippen LogP contribution in [0.4, 0.5) is 10.3 Å². The van der Waals surface area contributed by atoms with E-state index in [2.05, 4.69) is 40.6 Å². The number of hydrogen-bond donors (Lipinski definition) is 2. The Bertz CT molecular complexity index is 1320. The number of aliphatic hydroxyl groups is 1. The number of nitrogens with zero attached hydrogens (tertiary/aromatic N) is 7. The van der Waals surface area contributed by atoms with E-state index < -0.39 is 11.9 Å². The third kappa shape index (κ3) is 4.21. The van der Waals surface area contributed by atoms with Crippen LogP contribution in [0, 0.1) is 5.82 Å². The van der Waals surface area contributed by atoms with E-state index in [0.29, 0.717) is 35.0 Å². The number of benzene rings is 1. The number of nitrogens with two attached hydrogens (primary N) is 1. The molecule has 2 aliphatic rings. The summed E-state index contributed by atoms with van der Waals surface area (Å²) in [5.41, 5.74) is 8.21. The van der Waals surface area contributed by atoms with Crippen molar-refractivity contribution in [1.82, 2.24) is 29.5 Å². The molecule has 1 saturated carbocycles. The Morgan fingerprint density at radius 1 is 1.31 bits per heavy atom. The number of halogens is 1. The van der Waals surface area contributed by atoms with Gasteiger partial charge >= 0.3 is 0 Å². The molecule has 0 unspecified atom stereocenters. The third-order valence-corrected chi connectivity index (χ3v) is 7.55. The van der Waals surface area contributed by atoms with E-state index in [1.165, 1.54) is 23.8 Å². The number of piperidine rings is 1. The SMILES string of the molecule is C=NN(/C=C(\C)N1C[C@H](c2nc3c4cc(F)c(OC)cc4nc(N)n3n2)CC[C@@H]1C)[C@H]1CCC[C@@H]1O. The minimum Gasteiger partial charge on any atom is -0.494 e. The second-order valence-corrected chi connectivity index (χ2v) is 9.81. The van der Waals surface area contributed by atoms with Crippen LogP contribution < -0.4 is 10.5 Å². The predicted octanol–water partition coefficient (Wildman–Crippen LogP) is 3.27. The number of hydrazone groups is 1. The summed E-state index contributed by atoms with van der Waals surface area (Å²) in [6.45, 7) is 8.69. The van der Waals surface area contributed by atoms with Crippen molar-refractivity contribution < 1.29 is 14.2 Å². The van der Waals surface area contributed by atoms with Gasteiger partial charge in [-0.3, -0.25) is 5.01 Å². The Morgan fingerprint density at radius 3 is 2.81 bits per heavy atom. The standard InChI is InChI=1S/C25H33FN8O2/c1-14-8-9-16(13-32(14)15(2)12-33(28-3)20-6-5-7-21(20)35)23-30-24-17-10-18(26)22(36-4)11-19(17)29-25(27)34(24)31-23/h10-12,14,16,20-21,35H,3,5-9,13H2,1-2,4H3,(H2,27,29)/b15-12+/t14-,16+,20-,21-/m0/s1. The van der Waals surface area contributed by atoms with E-state index >= 15 is 0 Å². The zero-order valence-corrected chi connectivity index (χ0v) is 20.9. The molecule has 0 radical (unpaired) electrons. The normalized spacial score (nSPS) is 25.0. The summed E-state index contributed by atoms with van der Waals surface area (Å²) >= 11 is 0. The van der Waals surface area contributed by atoms with Gasteiger partial charge in [0.25, 0.3) is 0 Å². The highest BCUT2D eigenvalue weighted by molar-refractivity contribution is 5.93. The molecule has 2 aromatic heterocycles. The number of allylic oxidation sites excluding steroid dienone is 1. The number of aliphatic hydroxyl groups excluding tert-OH is 1. The van der Waals surface area contributed by atoms with Crippen molar-refractivity contribution in [3.8, 4) is 5.75 Å². The number of nitrogen functional groups attached to an aromatic ring is 1. The van der Waals surface area contributed by atoms with Crippen molar-refractivity contribution in [3.05, 3.63) is 35.7 Å². The summed E-state index contributed by atoms with van der Waals surface area (Å²) in [5.74, 6) is 0.510. The van der Waals surface area contributed by atoms with E-state index in [9.17, 15) is 9.50 Å². The Balaban J connectivity index is 1.45. The number of rotatable bonds is 6. The maximum absolute atomic E-state index is 14.5. The first kappa shape index (κ1) is 24.2. The average molecular weight is 497 g/mol. The summed E-state index contributed by atoms with van der Waals surface area (Å²) in [4.78, 5) is 11.5. The van der Waals surface area contributed by atoms with Gasteiger partial charge in [0.2, 0.25) is 5.95 Å². The van der Waals surface area contributed by atoms with Gasteiger partial charge in [-0.25, -0.2) is 14.4 Å². The van der Waals surface area contributed by atoms with Crippen LogP contribution in [0.25, 0.3) is 16.6 Å². The molecule has 3 aromatic rings. The van der Waals surface area contributed by atoms with Crippen molar-refractivity contribution >= 4 is 29.2 Å². The number of aromatic nitrogens is 4. The smallest absolute Gasteiger partial charge is 0.223 e. The lowest BCUT2D eigenvalue weighted by atomic mass is 9.92. The van der Waals surface area contributed by atoms with Crippen molar-refractivity contribution in [2.75, 3.05) is 19.4 Å². The molecule has 5 rings (SSSR count). The van der Waals surface area contributed by atoms with Gasteiger partial charge in [0.15, 0.2) is 23.0 Å². The molecule has 1 saturated heterocycles. The molecule has 0 bridgehead atoms. The van der Waals surface area contributed by atoms with E-state index in [1.807, 2.05) is 6.20 Å². The monoisotopic (exact) mass is 496 g/mol. The van der Waals surface area contributed by atoms with Crippen molar-refractivity contribution in [2.24, 2.45) is 5.10 Å². The van der Waals surface area contributed by atoms with Gasteiger partial charge in [-0.2, -0.15) is 9.62 Å². The molecule has 3 N–H and O–H groups in total.